The molecule has 0 bridgehead atoms. The molecule has 2 rings (SSSR count). The third-order valence-corrected chi connectivity index (χ3v) is 2.08. The Morgan fingerprint density at radius 1 is 1.31 bits per heavy atom. The van der Waals surface area contributed by atoms with Crippen molar-refractivity contribution in [2.75, 3.05) is 18.0 Å². The first-order valence-corrected chi connectivity index (χ1v) is 5.04. The molecule has 1 aliphatic rings. The van der Waals surface area contributed by atoms with E-state index in [2.05, 4.69) is 22.9 Å². The van der Waals surface area contributed by atoms with E-state index in [4.69, 9.17) is 0 Å². The predicted octanol–water partition coefficient (Wildman–Crippen LogP) is 2.63. The standard InChI is InChI=1S/C9H12N2.C2H6/c1-8-3-4-10-9(7-8)11-5-2-6-11;1-2/h3-4,7H,2,5-6H2,1H3;1-2H3. The minimum absolute atomic E-state index is 1.14. The maximum absolute atomic E-state index is 4.29. The molecule has 0 radical (unpaired) electrons. The van der Waals surface area contributed by atoms with E-state index in [1.165, 1.54) is 25.1 Å². The van der Waals surface area contributed by atoms with Gasteiger partial charge in [-0.15, -0.1) is 0 Å². The lowest BCUT2D eigenvalue weighted by molar-refractivity contribution is 0.609. The van der Waals surface area contributed by atoms with Gasteiger partial charge in [0.15, 0.2) is 0 Å². The average molecular weight is 178 g/mol. The van der Waals surface area contributed by atoms with Gasteiger partial charge in [0.2, 0.25) is 0 Å². The summed E-state index contributed by atoms with van der Waals surface area (Å²) in [6.07, 6.45) is 3.19. The van der Waals surface area contributed by atoms with Gasteiger partial charge < -0.3 is 4.90 Å². The smallest absolute Gasteiger partial charge is 0.128 e. The summed E-state index contributed by atoms with van der Waals surface area (Å²) in [5.74, 6) is 1.14. The normalized spacial score (nSPS) is 14.2. The molecule has 72 valence electrons. The minimum Gasteiger partial charge on any atom is -0.356 e. The van der Waals surface area contributed by atoms with Crippen LogP contribution in [0.5, 0.6) is 0 Å². The van der Waals surface area contributed by atoms with Crippen LogP contribution in [0, 0.1) is 6.92 Å². The zero-order chi connectivity index (χ0) is 9.68. The van der Waals surface area contributed by atoms with Gasteiger partial charge in [0, 0.05) is 19.3 Å². The van der Waals surface area contributed by atoms with Gasteiger partial charge in [0.05, 0.1) is 0 Å². The van der Waals surface area contributed by atoms with E-state index < -0.39 is 0 Å². The summed E-state index contributed by atoms with van der Waals surface area (Å²) in [6, 6.07) is 4.17. The van der Waals surface area contributed by atoms with Gasteiger partial charge in [-0.3, -0.25) is 0 Å². The Morgan fingerprint density at radius 3 is 2.46 bits per heavy atom. The third-order valence-electron chi connectivity index (χ3n) is 2.08. The number of aryl methyl sites for hydroxylation is 1. The van der Waals surface area contributed by atoms with Crippen molar-refractivity contribution in [1.29, 1.82) is 0 Å². The van der Waals surface area contributed by atoms with Gasteiger partial charge >= 0.3 is 0 Å². The molecule has 2 heteroatoms. The molecular formula is C11H18N2. The van der Waals surface area contributed by atoms with Crippen molar-refractivity contribution in [3.8, 4) is 0 Å². The van der Waals surface area contributed by atoms with E-state index in [1.807, 2.05) is 26.1 Å². The Labute approximate surface area is 80.6 Å². The number of aromatic nitrogens is 1. The quantitative estimate of drug-likeness (QED) is 0.657. The molecule has 0 amide bonds. The zero-order valence-electron chi connectivity index (χ0n) is 8.75. The lowest BCUT2D eigenvalue weighted by Crippen LogP contribution is -2.37. The summed E-state index contributed by atoms with van der Waals surface area (Å²) < 4.78 is 0. The number of anilines is 1. The summed E-state index contributed by atoms with van der Waals surface area (Å²) in [7, 11) is 0. The second kappa shape index (κ2) is 4.85. The molecule has 0 aromatic carbocycles. The molecule has 13 heavy (non-hydrogen) atoms. The van der Waals surface area contributed by atoms with Crippen LogP contribution >= 0.6 is 0 Å². The maximum atomic E-state index is 4.29. The first-order chi connectivity index (χ1) is 6.36. The van der Waals surface area contributed by atoms with Gasteiger partial charge in [-0.2, -0.15) is 0 Å². The Morgan fingerprint density at radius 2 is 2.00 bits per heavy atom. The fraction of sp³-hybridized carbons (Fsp3) is 0.545. The molecule has 1 fully saturated rings. The van der Waals surface area contributed by atoms with E-state index in [0.717, 1.165) is 5.82 Å². The Kier molecular flexibility index (Phi) is 3.74. The highest BCUT2D eigenvalue weighted by Crippen LogP contribution is 2.17. The summed E-state index contributed by atoms with van der Waals surface area (Å²) >= 11 is 0. The van der Waals surface area contributed by atoms with Gasteiger partial charge in [0.25, 0.3) is 0 Å². The number of hydrogen-bond donors (Lipinski definition) is 0. The number of pyridine rings is 1. The molecule has 1 aliphatic heterocycles. The molecular weight excluding hydrogens is 160 g/mol. The molecule has 2 heterocycles. The fourth-order valence-electron chi connectivity index (χ4n) is 1.24. The molecule has 1 saturated heterocycles. The van der Waals surface area contributed by atoms with Crippen molar-refractivity contribution in [3.63, 3.8) is 0 Å². The second-order valence-electron chi connectivity index (χ2n) is 3.03. The van der Waals surface area contributed by atoms with Crippen LogP contribution in [0.25, 0.3) is 0 Å². The number of hydrogen-bond acceptors (Lipinski definition) is 2. The first kappa shape index (κ1) is 10.0. The summed E-state index contributed by atoms with van der Waals surface area (Å²) in [5.41, 5.74) is 1.29. The monoisotopic (exact) mass is 178 g/mol. The number of nitrogens with zero attached hydrogens (tertiary/aromatic N) is 2. The molecule has 1 aromatic heterocycles. The average Bonchev–Trinajstić information content (AvgIpc) is 2.05. The highest BCUT2D eigenvalue weighted by molar-refractivity contribution is 5.42. The number of rotatable bonds is 1. The van der Waals surface area contributed by atoms with Crippen LogP contribution in [0.3, 0.4) is 0 Å². The van der Waals surface area contributed by atoms with Crippen LogP contribution in [0.2, 0.25) is 0 Å². The molecule has 0 saturated carbocycles. The molecule has 1 aromatic rings. The van der Waals surface area contributed by atoms with Crippen LogP contribution in [0.1, 0.15) is 25.8 Å². The van der Waals surface area contributed by atoms with Crippen LogP contribution in [0.4, 0.5) is 5.82 Å². The Hall–Kier alpha value is -1.05. The van der Waals surface area contributed by atoms with Crippen LogP contribution in [0.15, 0.2) is 18.3 Å². The summed E-state index contributed by atoms with van der Waals surface area (Å²) in [6.45, 7) is 8.46. The van der Waals surface area contributed by atoms with Gasteiger partial charge in [0.1, 0.15) is 5.82 Å². The third kappa shape index (κ3) is 2.44. The minimum atomic E-state index is 1.14. The topological polar surface area (TPSA) is 16.1 Å². The molecule has 0 aliphatic carbocycles. The Bertz CT molecular complexity index is 254. The lowest BCUT2D eigenvalue weighted by atomic mass is 10.2. The van der Waals surface area contributed by atoms with Crippen molar-refractivity contribution in [2.24, 2.45) is 0 Å². The summed E-state index contributed by atoms with van der Waals surface area (Å²) in [4.78, 5) is 6.59. The van der Waals surface area contributed by atoms with Gasteiger partial charge in [-0.1, -0.05) is 13.8 Å². The van der Waals surface area contributed by atoms with E-state index in [9.17, 15) is 0 Å². The van der Waals surface area contributed by atoms with E-state index in [0.29, 0.717) is 0 Å². The molecule has 0 unspecified atom stereocenters. The largest absolute Gasteiger partial charge is 0.356 e. The van der Waals surface area contributed by atoms with Crippen LogP contribution in [-0.2, 0) is 0 Å². The van der Waals surface area contributed by atoms with E-state index in [-0.39, 0.29) is 0 Å². The van der Waals surface area contributed by atoms with Crippen molar-refractivity contribution in [2.45, 2.75) is 27.2 Å². The van der Waals surface area contributed by atoms with Gasteiger partial charge in [-0.25, -0.2) is 4.98 Å². The van der Waals surface area contributed by atoms with E-state index in [1.54, 1.807) is 0 Å². The van der Waals surface area contributed by atoms with Crippen molar-refractivity contribution >= 4 is 5.82 Å². The summed E-state index contributed by atoms with van der Waals surface area (Å²) in [5, 5.41) is 0. The van der Waals surface area contributed by atoms with Crippen LogP contribution < -0.4 is 4.90 Å². The van der Waals surface area contributed by atoms with E-state index >= 15 is 0 Å². The second-order valence-corrected chi connectivity index (χ2v) is 3.03. The highest BCUT2D eigenvalue weighted by Gasteiger charge is 2.14. The Balaban J connectivity index is 0.000000396. The van der Waals surface area contributed by atoms with Crippen molar-refractivity contribution in [3.05, 3.63) is 23.9 Å². The van der Waals surface area contributed by atoms with Crippen molar-refractivity contribution < 1.29 is 0 Å². The highest BCUT2D eigenvalue weighted by atomic mass is 15.2. The lowest BCUT2D eigenvalue weighted by Gasteiger charge is -2.32. The molecule has 2 nitrogen and oxygen atoms in total. The van der Waals surface area contributed by atoms with Crippen molar-refractivity contribution in [1.82, 2.24) is 4.98 Å². The van der Waals surface area contributed by atoms with Gasteiger partial charge in [-0.05, 0) is 31.0 Å². The molecule has 0 N–H and O–H groups in total. The maximum Gasteiger partial charge on any atom is 0.128 e. The first-order valence-electron chi connectivity index (χ1n) is 5.04. The van der Waals surface area contributed by atoms with Crippen LogP contribution in [-0.4, -0.2) is 18.1 Å². The fourth-order valence-corrected chi connectivity index (χ4v) is 1.24. The zero-order valence-corrected chi connectivity index (χ0v) is 8.75. The molecule has 0 atom stereocenters. The predicted molar refractivity (Wildman–Crippen MR) is 57.2 cm³/mol. The SMILES string of the molecule is CC.Cc1ccnc(N2CCC2)c1. The molecule has 0 spiro atoms.